The third-order valence-corrected chi connectivity index (χ3v) is 4.73. The van der Waals surface area contributed by atoms with Crippen molar-refractivity contribution in [1.29, 1.82) is 0 Å². The first kappa shape index (κ1) is 15.0. The molecule has 0 aromatic heterocycles. The lowest BCUT2D eigenvalue weighted by atomic mass is 9.89. The van der Waals surface area contributed by atoms with Crippen LogP contribution in [0.15, 0.2) is 17.2 Å². The second-order valence-corrected chi connectivity index (χ2v) is 6.33. The minimum absolute atomic E-state index is 0.0198. The maximum atomic E-state index is 13.9. The minimum Gasteiger partial charge on any atom is -0.507 e. The van der Waals surface area contributed by atoms with Crippen molar-refractivity contribution in [3.63, 3.8) is 0 Å². The molecular formula is C17H21FN2O2. The van der Waals surface area contributed by atoms with Gasteiger partial charge in [0.1, 0.15) is 11.6 Å². The molecule has 118 valence electrons. The molecule has 5 heteroatoms. The number of amides is 1. The lowest BCUT2D eigenvalue weighted by Gasteiger charge is -2.19. The summed E-state index contributed by atoms with van der Waals surface area (Å²) in [6.07, 6.45) is 5.69. The van der Waals surface area contributed by atoms with Crippen molar-refractivity contribution in [3.8, 4) is 5.75 Å². The molecule has 0 spiro atoms. The molecule has 0 aliphatic heterocycles. The van der Waals surface area contributed by atoms with Crippen LogP contribution in [0, 0.1) is 11.7 Å². The average molecular weight is 304 g/mol. The quantitative estimate of drug-likeness (QED) is 0.822. The van der Waals surface area contributed by atoms with Gasteiger partial charge < -0.3 is 5.11 Å². The fourth-order valence-corrected chi connectivity index (χ4v) is 3.54. The van der Waals surface area contributed by atoms with Crippen LogP contribution in [0.5, 0.6) is 5.75 Å². The van der Waals surface area contributed by atoms with E-state index in [1.165, 1.54) is 18.6 Å². The van der Waals surface area contributed by atoms with Crippen molar-refractivity contribution in [3.05, 3.63) is 29.1 Å². The molecule has 1 atom stereocenters. The SMILES string of the molecule is C[C@@H]1C/C(=N\NC(=O)C2CCCCC2)c2c(O)ccc(F)c21. The van der Waals surface area contributed by atoms with Gasteiger partial charge in [-0.05, 0) is 37.3 Å². The number of halogens is 1. The van der Waals surface area contributed by atoms with Gasteiger partial charge in [-0.1, -0.05) is 26.2 Å². The molecule has 1 saturated carbocycles. The molecule has 0 unspecified atom stereocenters. The largest absolute Gasteiger partial charge is 0.507 e. The number of hydrogen-bond donors (Lipinski definition) is 2. The number of hydrazone groups is 1. The Kier molecular flexibility index (Phi) is 4.14. The number of hydrogen-bond acceptors (Lipinski definition) is 3. The van der Waals surface area contributed by atoms with Gasteiger partial charge in [-0.2, -0.15) is 5.10 Å². The summed E-state index contributed by atoms with van der Waals surface area (Å²) in [4.78, 5) is 12.1. The van der Waals surface area contributed by atoms with E-state index >= 15 is 0 Å². The maximum Gasteiger partial charge on any atom is 0.243 e. The predicted molar refractivity (Wildman–Crippen MR) is 82.4 cm³/mol. The van der Waals surface area contributed by atoms with Gasteiger partial charge in [0, 0.05) is 17.0 Å². The number of phenols is 1. The van der Waals surface area contributed by atoms with Crippen molar-refractivity contribution in [2.45, 2.75) is 51.4 Å². The van der Waals surface area contributed by atoms with Crippen molar-refractivity contribution in [2.75, 3.05) is 0 Å². The van der Waals surface area contributed by atoms with Crippen LogP contribution in [0.2, 0.25) is 0 Å². The predicted octanol–water partition coefficient (Wildman–Crippen LogP) is 3.44. The third-order valence-electron chi connectivity index (χ3n) is 4.73. The summed E-state index contributed by atoms with van der Waals surface area (Å²) in [6, 6.07) is 2.61. The van der Waals surface area contributed by atoms with E-state index in [1.54, 1.807) is 0 Å². The van der Waals surface area contributed by atoms with Crippen LogP contribution in [-0.2, 0) is 4.79 Å². The molecule has 0 heterocycles. The Morgan fingerprint density at radius 3 is 2.77 bits per heavy atom. The summed E-state index contributed by atoms with van der Waals surface area (Å²) in [5.41, 5.74) is 4.11. The van der Waals surface area contributed by atoms with E-state index in [2.05, 4.69) is 10.5 Å². The van der Waals surface area contributed by atoms with Gasteiger partial charge in [-0.15, -0.1) is 0 Å². The fourth-order valence-electron chi connectivity index (χ4n) is 3.54. The molecular weight excluding hydrogens is 283 g/mol. The lowest BCUT2D eigenvalue weighted by molar-refractivity contribution is -0.125. The van der Waals surface area contributed by atoms with Gasteiger partial charge in [0.25, 0.3) is 0 Å². The van der Waals surface area contributed by atoms with Crippen molar-refractivity contribution in [1.82, 2.24) is 5.43 Å². The molecule has 2 N–H and O–H groups in total. The molecule has 1 aromatic carbocycles. The number of aromatic hydroxyl groups is 1. The van der Waals surface area contributed by atoms with Gasteiger partial charge in [0.2, 0.25) is 5.91 Å². The number of nitrogens with zero attached hydrogens (tertiary/aromatic N) is 1. The lowest BCUT2D eigenvalue weighted by Crippen LogP contribution is -2.29. The van der Waals surface area contributed by atoms with E-state index in [0.717, 1.165) is 25.7 Å². The number of nitrogens with one attached hydrogen (secondary N) is 1. The van der Waals surface area contributed by atoms with Crippen LogP contribution < -0.4 is 5.43 Å². The number of carbonyl (C=O) groups excluding carboxylic acids is 1. The van der Waals surface area contributed by atoms with Crippen molar-refractivity contribution >= 4 is 11.6 Å². The van der Waals surface area contributed by atoms with E-state index in [9.17, 15) is 14.3 Å². The van der Waals surface area contributed by atoms with Gasteiger partial charge in [-0.3, -0.25) is 4.79 Å². The van der Waals surface area contributed by atoms with Crippen molar-refractivity contribution < 1.29 is 14.3 Å². The highest BCUT2D eigenvalue weighted by molar-refractivity contribution is 6.07. The zero-order valence-electron chi connectivity index (χ0n) is 12.7. The fraction of sp³-hybridized carbons (Fsp3) is 0.529. The molecule has 4 nitrogen and oxygen atoms in total. The summed E-state index contributed by atoms with van der Waals surface area (Å²) < 4.78 is 13.9. The highest BCUT2D eigenvalue weighted by Crippen LogP contribution is 2.39. The molecule has 0 saturated heterocycles. The number of phenolic OH excluding ortho intramolecular Hbond substituents is 1. The Bertz CT molecular complexity index is 621. The number of rotatable bonds is 2. The van der Waals surface area contributed by atoms with Crippen LogP contribution in [0.1, 0.15) is 62.5 Å². The first-order chi connectivity index (χ1) is 10.6. The van der Waals surface area contributed by atoms with Crippen molar-refractivity contribution in [2.24, 2.45) is 11.0 Å². The summed E-state index contributed by atoms with van der Waals surface area (Å²) in [7, 11) is 0. The minimum atomic E-state index is -0.330. The van der Waals surface area contributed by atoms with Gasteiger partial charge in [-0.25, -0.2) is 9.82 Å². The Morgan fingerprint density at radius 2 is 2.05 bits per heavy atom. The molecule has 1 aromatic rings. The van der Waals surface area contributed by atoms with Gasteiger partial charge in [0.15, 0.2) is 0 Å². The number of fused-ring (bicyclic) bond motifs is 1. The number of benzene rings is 1. The molecule has 22 heavy (non-hydrogen) atoms. The summed E-state index contributed by atoms with van der Waals surface area (Å²) in [6.45, 7) is 1.90. The van der Waals surface area contributed by atoms with E-state index in [4.69, 9.17) is 0 Å². The van der Waals surface area contributed by atoms with Crippen LogP contribution >= 0.6 is 0 Å². The van der Waals surface area contributed by atoms with Crippen LogP contribution in [0.25, 0.3) is 0 Å². The highest BCUT2D eigenvalue weighted by atomic mass is 19.1. The first-order valence-corrected chi connectivity index (χ1v) is 7.96. The monoisotopic (exact) mass is 304 g/mol. The van der Waals surface area contributed by atoms with E-state index < -0.39 is 0 Å². The van der Waals surface area contributed by atoms with E-state index in [0.29, 0.717) is 23.3 Å². The normalized spacial score (nSPS) is 23.5. The highest BCUT2D eigenvalue weighted by Gasteiger charge is 2.31. The molecule has 2 aliphatic rings. The van der Waals surface area contributed by atoms with E-state index in [-0.39, 0.29) is 29.3 Å². The zero-order valence-corrected chi connectivity index (χ0v) is 12.7. The van der Waals surface area contributed by atoms with Crippen LogP contribution in [0.3, 0.4) is 0 Å². The first-order valence-electron chi connectivity index (χ1n) is 7.96. The number of carbonyl (C=O) groups is 1. The van der Waals surface area contributed by atoms with Gasteiger partial charge >= 0.3 is 0 Å². The third kappa shape index (κ3) is 2.72. The summed E-state index contributed by atoms with van der Waals surface area (Å²) in [5.74, 6) is -0.398. The Labute approximate surface area is 129 Å². The zero-order chi connectivity index (χ0) is 15.7. The molecule has 1 fully saturated rings. The molecule has 0 bridgehead atoms. The Morgan fingerprint density at radius 1 is 1.32 bits per heavy atom. The Hall–Kier alpha value is -1.91. The average Bonchev–Trinajstić information content (AvgIpc) is 2.87. The summed E-state index contributed by atoms with van der Waals surface area (Å²) >= 11 is 0. The molecule has 3 rings (SSSR count). The standard InChI is InChI=1S/C17H21FN2O2/c1-10-9-13(16-14(21)8-7-12(18)15(10)16)19-20-17(22)11-5-3-2-4-6-11/h7-8,10-11,21H,2-6,9H2,1H3,(H,20,22)/b19-13+/t10-/m1/s1. The van der Waals surface area contributed by atoms with Crippen LogP contribution in [-0.4, -0.2) is 16.7 Å². The van der Waals surface area contributed by atoms with E-state index in [1.807, 2.05) is 6.92 Å². The second-order valence-electron chi connectivity index (χ2n) is 6.33. The van der Waals surface area contributed by atoms with Crippen LogP contribution in [0.4, 0.5) is 4.39 Å². The second kappa shape index (κ2) is 6.07. The molecule has 2 aliphatic carbocycles. The smallest absolute Gasteiger partial charge is 0.243 e. The summed E-state index contributed by atoms with van der Waals surface area (Å²) in [5, 5.41) is 14.2. The Balaban J connectivity index is 1.79. The molecule has 1 amide bonds. The van der Waals surface area contributed by atoms with Gasteiger partial charge in [0.05, 0.1) is 5.71 Å². The molecule has 0 radical (unpaired) electrons. The topological polar surface area (TPSA) is 61.7 Å². The maximum absolute atomic E-state index is 13.9.